The van der Waals surface area contributed by atoms with Crippen molar-refractivity contribution in [3.63, 3.8) is 0 Å². The average molecular weight is 283 g/mol. The molecule has 0 spiro atoms. The van der Waals surface area contributed by atoms with E-state index in [1.54, 1.807) is 0 Å². The number of aliphatic hydroxyl groups is 1. The molecule has 1 aliphatic heterocycles. The Balaban J connectivity index is 2.04. The maximum absolute atomic E-state index is 9.81. The van der Waals surface area contributed by atoms with Gasteiger partial charge in [-0.3, -0.25) is 0 Å². The van der Waals surface area contributed by atoms with Crippen molar-refractivity contribution in [1.29, 1.82) is 0 Å². The molecule has 0 saturated heterocycles. The first-order chi connectivity index (χ1) is 7.74. The number of aromatic nitrogens is 2. The highest BCUT2D eigenvalue weighted by atomic mass is 79.9. The van der Waals surface area contributed by atoms with Gasteiger partial charge in [-0.2, -0.15) is 0 Å². The average Bonchev–Trinajstić information content (AvgIpc) is 2.84. The van der Waals surface area contributed by atoms with E-state index < -0.39 is 6.23 Å². The molecule has 16 heavy (non-hydrogen) atoms. The number of rotatable bonds is 1. The Hall–Kier alpha value is -1.07. The fourth-order valence-electron chi connectivity index (χ4n) is 2.03. The molecule has 2 aromatic rings. The molecule has 0 fully saturated rings. The molecule has 0 saturated carbocycles. The number of hydrogen-bond donors (Lipinski definition) is 1. The topological polar surface area (TPSA) is 51.2 Å². The monoisotopic (exact) mass is 282 g/mol. The van der Waals surface area contributed by atoms with Crippen LogP contribution in [0.2, 0.25) is 0 Å². The van der Waals surface area contributed by atoms with E-state index in [2.05, 4.69) is 20.9 Å². The molecule has 1 aliphatic rings. The van der Waals surface area contributed by atoms with Crippen LogP contribution in [0, 0.1) is 0 Å². The van der Waals surface area contributed by atoms with Crippen molar-refractivity contribution < 1.29 is 9.52 Å². The van der Waals surface area contributed by atoms with Gasteiger partial charge in [0.1, 0.15) is 17.7 Å². The quantitative estimate of drug-likeness (QED) is 0.875. The molecule has 2 aromatic heterocycles. The third-order valence-electron chi connectivity index (χ3n) is 2.82. The van der Waals surface area contributed by atoms with Crippen molar-refractivity contribution in [3.8, 4) is 11.5 Å². The standard InChI is InChI=1S/C11H11BrN2O2/c12-9-5-4-8(16-9)7-6-14-10(13-7)2-1-3-11(14)15/h4-6,11,15H,1-3H2. The van der Waals surface area contributed by atoms with Crippen molar-refractivity contribution in [3.05, 3.63) is 28.8 Å². The fraction of sp³-hybridized carbons (Fsp3) is 0.364. The zero-order chi connectivity index (χ0) is 11.1. The van der Waals surface area contributed by atoms with Gasteiger partial charge >= 0.3 is 0 Å². The van der Waals surface area contributed by atoms with Crippen molar-refractivity contribution in [2.24, 2.45) is 0 Å². The van der Waals surface area contributed by atoms with E-state index in [9.17, 15) is 5.11 Å². The molecule has 5 heteroatoms. The molecular formula is C11H11BrN2O2. The predicted molar refractivity (Wildman–Crippen MR) is 61.8 cm³/mol. The Bertz CT molecular complexity index is 518. The second kappa shape index (κ2) is 3.75. The Kier molecular flexibility index (Phi) is 2.37. The van der Waals surface area contributed by atoms with Gasteiger partial charge in [0.05, 0.1) is 0 Å². The lowest BCUT2D eigenvalue weighted by atomic mass is 10.1. The van der Waals surface area contributed by atoms with Crippen LogP contribution in [0.3, 0.4) is 0 Å². The zero-order valence-corrected chi connectivity index (χ0v) is 10.1. The van der Waals surface area contributed by atoms with Crippen LogP contribution in [0.1, 0.15) is 24.9 Å². The van der Waals surface area contributed by atoms with Gasteiger partial charge in [-0.15, -0.1) is 0 Å². The maximum Gasteiger partial charge on any atom is 0.169 e. The van der Waals surface area contributed by atoms with Crippen LogP contribution in [0.15, 0.2) is 27.4 Å². The van der Waals surface area contributed by atoms with Crippen LogP contribution in [0.25, 0.3) is 11.5 Å². The van der Waals surface area contributed by atoms with E-state index in [1.165, 1.54) is 0 Å². The third kappa shape index (κ3) is 1.60. The van der Waals surface area contributed by atoms with Crippen LogP contribution in [0.5, 0.6) is 0 Å². The van der Waals surface area contributed by atoms with Crippen molar-refractivity contribution in [2.45, 2.75) is 25.5 Å². The van der Waals surface area contributed by atoms with Crippen LogP contribution < -0.4 is 0 Å². The Morgan fingerprint density at radius 1 is 1.50 bits per heavy atom. The molecule has 3 heterocycles. The second-order valence-corrected chi connectivity index (χ2v) is 4.71. The molecule has 0 amide bonds. The molecule has 1 unspecified atom stereocenters. The summed E-state index contributed by atoms with van der Waals surface area (Å²) in [7, 11) is 0. The van der Waals surface area contributed by atoms with Crippen molar-refractivity contribution >= 4 is 15.9 Å². The highest BCUT2D eigenvalue weighted by molar-refractivity contribution is 9.10. The van der Waals surface area contributed by atoms with E-state index in [1.807, 2.05) is 22.9 Å². The Morgan fingerprint density at radius 2 is 2.38 bits per heavy atom. The highest BCUT2D eigenvalue weighted by Crippen LogP contribution is 2.29. The summed E-state index contributed by atoms with van der Waals surface area (Å²) in [6.45, 7) is 0. The lowest BCUT2D eigenvalue weighted by molar-refractivity contribution is 0.0781. The summed E-state index contributed by atoms with van der Waals surface area (Å²) in [5.74, 6) is 1.65. The van der Waals surface area contributed by atoms with Gasteiger partial charge in [0.25, 0.3) is 0 Å². The summed E-state index contributed by atoms with van der Waals surface area (Å²) < 4.78 is 7.96. The van der Waals surface area contributed by atoms with Crippen molar-refractivity contribution in [1.82, 2.24) is 9.55 Å². The number of aryl methyl sites for hydroxylation is 1. The van der Waals surface area contributed by atoms with Crippen LogP contribution in [-0.2, 0) is 6.42 Å². The lowest BCUT2D eigenvalue weighted by Crippen LogP contribution is -2.16. The SMILES string of the molecule is OC1CCCc2nc(-c3ccc(Br)o3)cn21. The number of fused-ring (bicyclic) bond motifs is 1. The first kappa shape index (κ1) is 10.1. The number of nitrogens with zero attached hydrogens (tertiary/aromatic N) is 2. The van der Waals surface area contributed by atoms with Gasteiger partial charge in [-0.05, 0) is 40.9 Å². The van der Waals surface area contributed by atoms with E-state index in [4.69, 9.17) is 4.42 Å². The van der Waals surface area contributed by atoms with E-state index in [-0.39, 0.29) is 0 Å². The normalized spacial score (nSPS) is 19.8. The number of aliphatic hydroxyl groups excluding tert-OH is 1. The molecule has 0 bridgehead atoms. The van der Waals surface area contributed by atoms with Gasteiger partial charge in [0.2, 0.25) is 0 Å². The minimum atomic E-state index is -0.441. The van der Waals surface area contributed by atoms with Gasteiger partial charge < -0.3 is 14.1 Å². The number of halogens is 1. The second-order valence-electron chi connectivity index (χ2n) is 3.93. The predicted octanol–water partition coefficient (Wildman–Crippen LogP) is 2.73. The largest absolute Gasteiger partial charge is 0.448 e. The summed E-state index contributed by atoms with van der Waals surface area (Å²) in [6, 6.07) is 3.70. The first-order valence-corrected chi connectivity index (χ1v) is 6.05. The molecule has 1 atom stereocenters. The Morgan fingerprint density at radius 3 is 3.06 bits per heavy atom. The van der Waals surface area contributed by atoms with E-state index in [0.717, 1.165) is 36.5 Å². The molecule has 0 radical (unpaired) electrons. The van der Waals surface area contributed by atoms with E-state index >= 15 is 0 Å². The van der Waals surface area contributed by atoms with Gasteiger partial charge in [0, 0.05) is 12.6 Å². The van der Waals surface area contributed by atoms with Crippen LogP contribution >= 0.6 is 15.9 Å². The van der Waals surface area contributed by atoms with Crippen molar-refractivity contribution in [2.75, 3.05) is 0 Å². The number of hydrogen-bond acceptors (Lipinski definition) is 3. The van der Waals surface area contributed by atoms with Crippen LogP contribution in [-0.4, -0.2) is 14.7 Å². The third-order valence-corrected chi connectivity index (χ3v) is 3.24. The summed E-state index contributed by atoms with van der Waals surface area (Å²) >= 11 is 3.26. The molecule has 1 N–H and O–H groups in total. The lowest BCUT2D eigenvalue weighted by Gasteiger charge is -2.19. The van der Waals surface area contributed by atoms with Gasteiger partial charge in [-0.1, -0.05) is 0 Å². The molecule has 3 rings (SSSR count). The molecular weight excluding hydrogens is 272 g/mol. The number of furan rings is 1. The van der Waals surface area contributed by atoms with Gasteiger partial charge in [0.15, 0.2) is 10.4 Å². The van der Waals surface area contributed by atoms with Crippen LogP contribution in [0.4, 0.5) is 0 Å². The zero-order valence-electron chi connectivity index (χ0n) is 8.56. The fourth-order valence-corrected chi connectivity index (χ4v) is 2.33. The maximum atomic E-state index is 9.81. The summed E-state index contributed by atoms with van der Waals surface area (Å²) in [4.78, 5) is 4.47. The molecule has 0 aliphatic carbocycles. The summed E-state index contributed by atoms with van der Waals surface area (Å²) in [5, 5.41) is 9.81. The highest BCUT2D eigenvalue weighted by Gasteiger charge is 2.20. The number of imidazole rings is 1. The first-order valence-electron chi connectivity index (χ1n) is 5.25. The Labute approximate surface area is 101 Å². The molecule has 84 valence electrons. The summed E-state index contributed by atoms with van der Waals surface area (Å²) in [6.07, 6.45) is 4.11. The molecule has 0 aromatic carbocycles. The van der Waals surface area contributed by atoms with E-state index in [0.29, 0.717) is 4.67 Å². The van der Waals surface area contributed by atoms with Gasteiger partial charge in [-0.25, -0.2) is 4.98 Å². The summed E-state index contributed by atoms with van der Waals surface area (Å²) in [5.41, 5.74) is 0.779. The smallest absolute Gasteiger partial charge is 0.169 e. The molecule has 4 nitrogen and oxygen atoms in total. The minimum Gasteiger partial charge on any atom is -0.448 e. The minimum absolute atomic E-state index is 0.441.